The summed E-state index contributed by atoms with van der Waals surface area (Å²) in [6, 6.07) is 19.4. The van der Waals surface area contributed by atoms with Crippen molar-refractivity contribution in [2.75, 3.05) is 0 Å². The quantitative estimate of drug-likeness (QED) is 0.408. The maximum Gasteiger partial charge on any atom is 0.417 e. The van der Waals surface area contributed by atoms with Crippen molar-refractivity contribution in [2.24, 2.45) is 0 Å². The molecule has 0 unspecified atom stereocenters. The van der Waals surface area contributed by atoms with Gasteiger partial charge in [0.25, 0.3) is 0 Å². The molecule has 0 saturated carbocycles. The third kappa shape index (κ3) is 2.24. The molecular formula is C20H13F3. The summed E-state index contributed by atoms with van der Waals surface area (Å²) in [5, 5.41) is 0. The summed E-state index contributed by atoms with van der Waals surface area (Å²) in [6.07, 6.45) is -3.68. The Hall–Kier alpha value is -2.55. The van der Waals surface area contributed by atoms with Crippen LogP contribution in [-0.2, 0) is 12.6 Å². The lowest BCUT2D eigenvalue weighted by Crippen LogP contribution is -2.07. The van der Waals surface area contributed by atoms with Crippen LogP contribution in [0.5, 0.6) is 0 Å². The average molecular weight is 310 g/mol. The normalized spacial score (nSPS) is 12.8. The van der Waals surface area contributed by atoms with Crippen LogP contribution in [0, 0.1) is 0 Å². The molecule has 1 aliphatic carbocycles. The van der Waals surface area contributed by atoms with E-state index in [0.717, 1.165) is 22.8 Å². The minimum absolute atomic E-state index is 0.254. The van der Waals surface area contributed by atoms with Crippen molar-refractivity contribution in [3.8, 4) is 22.3 Å². The number of benzene rings is 3. The summed E-state index contributed by atoms with van der Waals surface area (Å²) in [4.78, 5) is 0. The van der Waals surface area contributed by atoms with Crippen LogP contribution in [0.1, 0.15) is 16.7 Å². The zero-order chi connectivity index (χ0) is 16.0. The molecule has 0 amide bonds. The Morgan fingerprint density at radius 3 is 1.91 bits per heavy atom. The zero-order valence-corrected chi connectivity index (χ0v) is 12.2. The number of rotatable bonds is 1. The smallest absolute Gasteiger partial charge is 0.166 e. The lowest BCUT2D eigenvalue weighted by molar-refractivity contribution is -0.137. The molecule has 4 rings (SSSR count). The van der Waals surface area contributed by atoms with Crippen molar-refractivity contribution in [3.05, 3.63) is 83.4 Å². The Kier molecular flexibility index (Phi) is 3.05. The highest BCUT2D eigenvalue weighted by molar-refractivity contribution is 5.85. The van der Waals surface area contributed by atoms with E-state index in [1.54, 1.807) is 18.2 Å². The molecule has 0 nitrogen and oxygen atoms in total. The molecule has 1 aliphatic rings. The fourth-order valence-corrected chi connectivity index (χ4v) is 3.37. The predicted octanol–water partition coefficient (Wildman–Crippen LogP) is 5.94. The van der Waals surface area contributed by atoms with Gasteiger partial charge >= 0.3 is 6.18 Å². The van der Waals surface area contributed by atoms with Gasteiger partial charge in [0.2, 0.25) is 0 Å². The molecule has 114 valence electrons. The summed E-state index contributed by atoms with van der Waals surface area (Å²) < 4.78 is 40.0. The van der Waals surface area contributed by atoms with E-state index in [0.29, 0.717) is 12.0 Å². The Labute approximate surface area is 132 Å². The highest BCUT2D eigenvalue weighted by Crippen LogP contribution is 2.44. The fourth-order valence-electron chi connectivity index (χ4n) is 3.37. The van der Waals surface area contributed by atoms with Gasteiger partial charge in [-0.2, -0.15) is 13.2 Å². The van der Waals surface area contributed by atoms with Crippen LogP contribution in [-0.4, -0.2) is 0 Å². The molecular weight excluding hydrogens is 297 g/mol. The molecule has 3 aromatic carbocycles. The number of hydrogen-bond donors (Lipinski definition) is 0. The first kappa shape index (κ1) is 14.1. The van der Waals surface area contributed by atoms with Gasteiger partial charge in [-0.3, -0.25) is 0 Å². The second-order valence-corrected chi connectivity index (χ2v) is 5.71. The number of hydrogen-bond acceptors (Lipinski definition) is 0. The monoisotopic (exact) mass is 310 g/mol. The van der Waals surface area contributed by atoms with Crippen molar-refractivity contribution in [2.45, 2.75) is 12.6 Å². The standard InChI is InChI=1S/C20H13F3/c21-20(22,23)19-11-4-3-8-17(19)16-10-5-9-15-14-7-2-1-6-13(14)12-18(15)16/h1-11H,12H2. The van der Waals surface area contributed by atoms with Gasteiger partial charge in [-0.1, -0.05) is 60.7 Å². The lowest BCUT2D eigenvalue weighted by atomic mass is 9.92. The van der Waals surface area contributed by atoms with Crippen LogP contribution in [0.2, 0.25) is 0 Å². The molecule has 0 aromatic heterocycles. The van der Waals surface area contributed by atoms with Gasteiger partial charge in [-0.05, 0) is 45.9 Å². The van der Waals surface area contributed by atoms with E-state index < -0.39 is 11.7 Å². The Bertz CT molecular complexity index is 891. The van der Waals surface area contributed by atoms with Crippen LogP contribution >= 0.6 is 0 Å². The molecule has 0 radical (unpaired) electrons. The lowest BCUT2D eigenvalue weighted by Gasteiger charge is -2.15. The zero-order valence-electron chi connectivity index (χ0n) is 12.2. The number of fused-ring (bicyclic) bond motifs is 3. The molecule has 0 bridgehead atoms. The topological polar surface area (TPSA) is 0 Å². The highest BCUT2D eigenvalue weighted by atomic mass is 19.4. The molecule has 0 saturated heterocycles. The van der Waals surface area contributed by atoms with E-state index in [-0.39, 0.29) is 5.56 Å². The first-order chi connectivity index (χ1) is 11.1. The van der Waals surface area contributed by atoms with E-state index in [2.05, 4.69) is 0 Å². The van der Waals surface area contributed by atoms with E-state index in [4.69, 9.17) is 0 Å². The van der Waals surface area contributed by atoms with Gasteiger partial charge in [-0.25, -0.2) is 0 Å². The van der Waals surface area contributed by atoms with Crippen molar-refractivity contribution in [3.63, 3.8) is 0 Å². The van der Waals surface area contributed by atoms with Gasteiger partial charge in [0.15, 0.2) is 0 Å². The summed E-state index contributed by atoms with van der Waals surface area (Å²) >= 11 is 0. The van der Waals surface area contributed by atoms with Gasteiger partial charge in [0.05, 0.1) is 5.56 Å². The summed E-state index contributed by atoms with van der Waals surface area (Å²) in [7, 11) is 0. The molecule has 0 spiro atoms. The molecule has 0 fully saturated rings. The average Bonchev–Trinajstić information content (AvgIpc) is 2.93. The van der Waals surface area contributed by atoms with E-state index in [1.807, 2.05) is 36.4 Å². The predicted molar refractivity (Wildman–Crippen MR) is 85.1 cm³/mol. The number of alkyl halides is 3. The second kappa shape index (κ2) is 4.98. The minimum Gasteiger partial charge on any atom is -0.166 e. The molecule has 3 heteroatoms. The van der Waals surface area contributed by atoms with Crippen molar-refractivity contribution in [1.29, 1.82) is 0 Å². The summed E-state index contributed by atoms with van der Waals surface area (Å²) in [5.41, 5.74) is 4.65. The van der Waals surface area contributed by atoms with Gasteiger partial charge in [-0.15, -0.1) is 0 Å². The first-order valence-electron chi connectivity index (χ1n) is 7.42. The van der Waals surface area contributed by atoms with Crippen LogP contribution in [0.25, 0.3) is 22.3 Å². The number of halogens is 3. The van der Waals surface area contributed by atoms with E-state index >= 15 is 0 Å². The van der Waals surface area contributed by atoms with Crippen LogP contribution in [0.3, 0.4) is 0 Å². The maximum atomic E-state index is 13.3. The molecule has 0 atom stereocenters. The van der Waals surface area contributed by atoms with Crippen molar-refractivity contribution >= 4 is 0 Å². The largest absolute Gasteiger partial charge is 0.417 e. The van der Waals surface area contributed by atoms with Crippen molar-refractivity contribution < 1.29 is 13.2 Å². The maximum absolute atomic E-state index is 13.3. The second-order valence-electron chi connectivity index (χ2n) is 5.71. The first-order valence-corrected chi connectivity index (χ1v) is 7.42. The van der Waals surface area contributed by atoms with Gasteiger partial charge in [0, 0.05) is 0 Å². The van der Waals surface area contributed by atoms with E-state index in [9.17, 15) is 13.2 Å². The van der Waals surface area contributed by atoms with Crippen LogP contribution < -0.4 is 0 Å². The molecule has 0 N–H and O–H groups in total. The Morgan fingerprint density at radius 2 is 1.17 bits per heavy atom. The fraction of sp³-hybridized carbons (Fsp3) is 0.100. The highest BCUT2D eigenvalue weighted by Gasteiger charge is 2.34. The summed E-state index contributed by atoms with van der Waals surface area (Å²) in [6.45, 7) is 0. The SMILES string of the molecule is FC(F)(F)c1ccccc1-c1cccc2c1Cc1ccccc1-2. The van der Waals surface area contributed by atoms with Crippen LogP contribution in [0.15, 0.2) is 66.7 Å². The van der Waals surface area contributed by atoms with Crippen LogP contribution in [0.4, 0.5) is 13.2 Å². The minimum atomic E-state index is -4.36. The molecule has 23 heavy (non-hydrogen) atoms. The Balaban J connectivity index is 1.95. The van der Waals surface area contributed by atoms with Gasteiger partial charge in [0.1, 0.15) is 0 Å². The van der Waals surface area contributed by atoms with Crippen molar-refractivity contribution in [1.82, 2.24) is 0 Å². The van der Waals surface area contributed by atoms with Gasteiger partial charge < -0.3 is 0 Å². The van der Waals surface area contributed by atoms with E-state index in [1.165, 1.54) is 11.6 Å². The summed E-state index contributed by atoms with van der Waals surface area (Å²) in [5.74, 6) is 0. The Morgan fingerprint density at radius 1 is 0.609 bits per heavy atom. The molecule has 3 aromatic rings. The third-order valence-corrected chi connectivity index (χ3v) is 4.37. The third-order valence-electron chi connectivity index (χ3n) is 4.37. The molecule has 0 heterocycles. The molecule has 0 aliphatic heterocycles.